The molecular formula is C15H13Cl2N3O2S2. The Kier molecular flexibility index (Phi) is 5.44. The minimum Gasteiger partial charge on any atom is -0.324 e. The van der Waals surface area contributed by atoms with Crippen molar-refractivity contribution in [3.8, 4) is 0 Å². The summed E-state index contributed by atoms with van der Waals surface area (Å²) in [5, 5.41) is 3.61. The molecule has 0 aliphatic carbocycles. The zero-order valence-electron chi connectivity index (χ0n) is 12.6. The largest absolute Gasteiger partial charge is 0.324 e. The summed E-state index contributed by atoms with van der Waals surface area (Å²) in [5.41, 5.74) is 1.86. The molecule has 1 aromatic heterocycles. The predicted octanol–water partition coefficient (Wildman–Crippen LogP) is 3.94. The molecule has 1 atom stereocenters. The Labute approximate surface area is 156 Å². The van der Waals surface area contributed by atoms with E-state index in [9.17, 15) is 9.59 Å². The molecule has 1 aliphatic rings. The number of carbonyl (C=O) groups excluding carboxylic acids is 1. The number of anilines is 1. The van der Waals surface area contributed by atoms with Crippen molar-refractivity contribution in [3.63, 3.8) is 0 Å². The van der Waals surface area contributed by atoms with Crippen LogP contribution in [0.3, 0.4) is 0 Å². The minimum absolute atomic E-state index is 0.127. The van der Waals surface area contributed by atoms with Crippen LogP contribution in [0.5, 0.6) is 0 Å². The van der Waals surface area contributed by atoms with Gasteiger partial charge in [-0.1, -0.05) is 35.0 Å². The van der Waals surface area contributed by atoms with Crippen LogP contribution in [0.1, 0.15) is 18.2 Å². The van der Waals surface area contributed by atoms with Gasteiger partial charge in [-0.3, -0.25) is 9.59 Å². The SMILES string of the molecule is CC(Sc1nc2c(c(=O)[nH]1)CSC2)C(=O)Nc1cc(Cl)ccc1Cl. The maximum atomic E-state index is 12.3. The van der Waals surface area contributed by atoms with E-state index >= 15 is 0 Å². The molecule has 1 unspecified atom stereocenters. The first-order valence-corrected chi connectivity index (χ1v) is 9.85. The molecular weight excluding hydrogens is 389 g/mol. The van der Waals surface area contributed by atoms with Gasteiger partial charge >= 0.3 is 0 Å². The van der Waals surface area contributed by atoms with E-state index in [1.54, 1.807) is 36.9 Å². The molecule has 0 saturated carbocycles. The Morgan fingerprint density at radius 1 is 1.42 bits per heavy atom. The number of carbonyl (C=O) groups is 1. The van der Waals surface area contributed by atoms with Gasteiger partial charge in [0, 0.05) is 22.1 Å². The molecule has 0 fully saturated rings. The summed E-state index contributed by atoms with van der Waals surface area (Å²) < 4.78 is 0. The fourth-order valence-corrected chi connectivity index (χ4v) is 4.33. The molecule has 5 nitrogen and oxygen atoms in total. The fraction of sp³-hybridized carbons (Fsp3) is 0.267. The highest BCUT2D eigenvalue weighted by Crippen LogP contribution is 2.29. The van der Waals surface area contributed by atoms with E-state index in [1.165, 1.54) is 11.8 Å². The van der Waals surface area contributed by atoms with E-state index in [-0.39, 0.29) is 11.5 Å². The zero-order chi connectivity index (χ0) is 17.3. The summed E-state index contributed by atoms with van der Waals surface area (Å²) >= 11 is 14.8. The molecule has 2 aromatic rings. The molecule has 9 heteroatoms. The number of fused-ring (bicyclic) bond motifs is 1. The van der Waals surface area contributed by atoms with Gasteiger partial charge in [0.2, 0.25) is 5.91 Å². The van der Waals surface area contributed by atoms with Crippen LogP contribution < -0.4 is 10.9 Å². The van der Waals surface area contributed by atoms with Crippen LogP contribution in [0.4, 0.5) is 5.69 Å². The second-order valence-corrected chi connectivity index (χ2v) is 8.32. The molecule has 24 heavy (non-hydrogen) atoms. The summed E-state index contributed by atoms with van der Waals surface area (Å²) in [5.74, 6) is 1.17. The van der Waals surface area contributed by atoms with Crippen LogP contribution >= 0.6 is 46.7 Å². The maximum Gasteiger partial charge on any atom is 0.255 e. The Morgan fingerprint density at radius 2 is 2.21 bits per heavy atom. The number of hydrogen-bond donors (Lipinski definition) is 2. The number of benzene rings is 1. The van der Waals surface area contributed by atoms with Crippen molar-refractivity contribution in [1.82, 2.24) is 9.97 Å². The molecule has 2 heterocycles. The van der Waals surface area contributed by atoms with Gasteiger partial charge in [0.05, 0.1) is 21.7 Å². The number of halogens is 2. The molecule has 3 rings (SSSR count). The molecule has 0 bridgehead atoms. The van der Waals surface area contributed by atoms with Gasteiger partial charge in [-0.2, -0.15) is 11.8 Å². The fourth-order valence-electron chi connectivity index (χ4n) is 2.14. The van der Waals surface area contributed by atoms with Crippen LogP contribution in [-0.2, 0) is 16.3 Å². The standard InChI is InChI=1S/C15H13Cl2N3O2S2/c1-7(13(21)18-11-4-8(16)2-3-10(11)17)24-15-19-12-6-23-5-9(12)14(22)20-15/h2-4,7H,5-6H2,1H3,(H,18,21)(H,19,20,22). The normalized spacial score (nSPS) is 14.3. The molecule has 1 amide bonds. The van der Waals surface area contributed by atoms with Crippen LogP contribution in [0.15, 0.2) is 28.2 Å². The molecule has 1 aromatic carbocycles. The number of nitrogens with zero attached hydrogens (tertiary/aromatic N) is 1. The lowest BCUT2D eigenvalue weighted by Crippen LogP contribution is -2.24. The summed E-state index contributed by atoms with van der Waals surface area (Å²) in [6.45, 7) is 1.74. The van der Waals surface area contributed by atoms with Crippen molar-refractivity contribution in [3.05, 3.63) is 49.9 Å². The topological polar surface area (TPSA) is 74.8 Å². The minimum atomic E-state index is -0.463. The molecule has 2 N–H and O–H groups in total. The van der Waals surface area contributed by atoms with Crippen molar-refractivity contribution in [2.75, 3.05) is 5.32 Å². The molecule has 126 valence electrons. The van der Waals surface area contributed by atoms with Crippen molar-refractivity contribution in [1.29, 1.82) is 0 Å². The number of hydrogen-bond acceptors (Lipinski definition) is 5. The number of amides is 1. The lowest BCUT2D eigenvalue weighted by Gasteiger charge is -2.13. The number of thioether (sulfide) groups is 2. The Bertz CT molecular complexity index is 857. The van der Waals surface area contributed by atoms with Crippen LogP contribution in [-0.4, -0.2) is 21.1 Å². The summed E-state index contributed by atoms with van der Waals surface area (Å²) in [6.07, 6.45) is 0. The number of H-pyrrole nitrogens is 1. The maximum absolute atomic E-state index is 12.3. The quantitative estimate of drug-likeness (QED) is 0.599. The van der Waals surface area contributed by atoms with Gasteiger partial charge in [-0.05, 0) is 25.1 Å². The average molecular weight is 402 g/mol. The summed E-state index contributed by atoms with van der Waals surface area (Å²) in [7, 11) is 0. The monoisotopic (exact) mass is 401 g/mol. The van der Waals surface area contributed by atoms with Gasteiger partial charge in [0.15, 0.2) is 5.16 Å². The number of nitrogens with one attached hydrogen (secondary N) is 2. The number of rotatable bonds is 4. The van der Waals surface area contributed by atoms with E-state index in [4.69, 9.17) is 23.2 Å². The average Bonchev–Trinajstić information content (AvgIpc) is 2.99. The molecule has 0 spiro atoms. The Morgan fingerprint density at radius 3 is 3.00 bits per heavy atom. The number of aromatic amines is 1. The van der Waals surface area contributed by atoms with Crippen LogP contribution in [0.25, 0.3) is 0 Å². The zero-order valence-corrected chi connectivity index (χ0v) is 15.7. The third-order valence-corrected chi connectivity index (χ3v) is 5.93. The molecule has 0 radical (unpaired) electrons. The van der Waals surface area contributed by atoms with Crippen LogP contribution in [0.2, 0.25) is 10.0 Å². The van der Waals surface area contributed by atoms with E-state index in [0.29, 0.717) is 26.6 Å². The van der Waals surface area contributed by atoms with Gasteiger partial charge in [0.25, 0.3) is 5.56 Å². The van der Waals surface area contributed by atoms with E-state index in [2.05, 4.69) is 15.3 Å². The third-order valence-electron chi connectivity index (χ3n) is 3.41. The van der Waals surface area contributed by atoms with E-state index < -0.39 is 5.25 Å². The van der Waals surface area contributed by atoms with Crippen molar-refractivity contribution in [2.24, 2.45) is 0 Å². The highest BCUT2D eigenvalue weighted by atomic mass is 35.5. The lowest BCUT2D eigenvalue weighted by molar-refractivity contribution is -0.115. The van der Waals surface area contributed by atoms with Crippen molar-refractivity contribution in [2.45, 2.75) is 28.8 Å². The molecule has 0 saturated heterocycles. The van der Waals surface area contributed by atoms with Crippen molar-refractivity contribution >= 4 is 58.3 Å². The first-order valence-electron chi connectivity index (χ1n) is 7.06. The van der Waals surface area contributed by atoms with Gasteiger partial charge in [0.1, 0.15) is 0 Å². The van der Waals surface area contributed by atoms with Gasteiger partial charge < -0.3 is 10.3 Å². The second-order valence-electron chi connectivity index (χ2n) is 5.16. The Hall–Kier alpha value is -1.15. The lowest BCUT2D eigenvalue weighted by atomic mass is 10.3. The third kappa shape index (κ3) is 3.91. The number of aromatic nitrogens is 2. The first kappa shape index (κ1) is 17.7. The van der Waals surface area contributed by atoms with Gasteiger partial charge in [-0.15, -0.1) is 0 Å². The van der Waals surface area contributed by atoms with Crippen molar-refractivity contribution < 1.29 is 4.79 Å². The smallest absolute Gasteiger partial charge is 0.255 e. The Balaban J connectivity index is 1.72. The summed E-state index contributed by atoms with van der Waals surface area (Å²) in [6, 6.07) is 4.86. The highest BCUT2D eigenvalue weighted by molar-refractivity contribution is 8.00. The van der Waals surface area contributed by atoms with E-state index in [0.717, 1.165) is 17.0 Å². The summed E-state index contributed by atoms with van der Waals surface area (Å²) in [4.78, 5) is 31.5. The second kappa shape index (κ2) is 7.39. The highest BCUT2D eigenvalue weighted by Gasteiger charge is 2.21. The van der Waals surface area contributed by atoms with E-state index in [1.807, 2.05) is 0 Å². The first-order chi connectivity index (χ1) is 11.4. The predicted molar refractivity (Wildman–Crippen MR) is 100 cm³/mol. The van der Waals surface area contributed by atoms with Crippen LogP contribution in [0, 0.1) is 0 Å². The van der Waals surface area contributed by atoms with Gasteiger partial charge in [-0.25, -0.2) is 4.98 Å². The molecule has 1 aliphatic heterocycles.